The normalized spacial score (nSPS) is 15.0. The Bertz CT molecular complexity index is 1880. The number of aliphatic hydroxyl groups is 1. The molecule has 1 fully saturated rings. The Morgan fingerprint density at radius 1 is 1.05 bits per heavy atom. The predicted molar refractivity (Wildman–Crippen MR) is 160 cm³/mol. The minimum atomic E-state index is -0.594. The molecule has 6 heterocycles. The van der Waals surface area contributed by atoms with Gasteiger partial charge in [0.1, 0.15) is 11.9 Å². The molecule has 11 heteroatoms. The zero-order chi connectivity index (χ0) is 27.9. The van der Waals surface area contributed by atoms with Gasteiger partial charge in [-0.15, -0.1) is 11.3 Å². The number of hydrogen-bond donors (Lipinski definition) is 4. The molecule has 6 aromatic heterocycles. The first-order chi connectivity index (χ1) is 20.0. The topological polar surface area (TPSA) is 145 Å². The molecule has 7 rings (SSSR count). The van der Waals surface area contributed by atoms with Crippen LogP contribution in [0.4, 0.5) is 5.69 Å². The molecule has 0 radical (unpaired) electrons. The lowest BCUT2D eigenvalue weighted by Crippen LogP contribution is -2.30. The fourth-order valence-electron chi connectivity index (χ4n) is 5.56. The van der Waals surface area contributed by atoms with E-state index in [0.29, 0.717) is 27.7 Å². The fraction of sp³-hybridized carbons (Fsp3) is 0.267. The van der Waals surface area contributed by atoms with Crippen LogP contribution in [0.15, 0.2) is 55.1 Å². The van der Waals surface area contributed by atoms with Gasteiger partial charge in [0.15, 0.2) is 22.9 Å². The van der Waals surface area contributed by atoms with E-state index in [4.69, 9.17) is 4.98 Å². The van der Waals surface area contributed by atoms with E-state index in [1.807, 2.05) is 30.3 Å². The smallest absolute Gasteiger partial charge is 0.181 e. The van der Waals surface area contributed by atoms with E-state index < -0.39 is 6.23 Å². The number of anilines is 1. The van der Waals surface area contributed by atoms with Crippen molar-refractivity contribution in [1.82, 2.24) is 35.1 Å². The highest BCUT2D eigenvalue weighted by Gasteiger charge is 2.22. The molecule has 41 heavy (non-hydrogen) atoms. The van der Waals surface area contributed by atoms with Crippen molar-refractivity contribution in [2.45, 2.75) is 45.3 Å². The number of pyridine rings is 3. The average Bonchev–Trinajstić information content (AvgIpc) is 3.75. The van der Waals surface area contributed by atoms with Crippen molar-refractivity contribution < 1.29 is 9.90 Å². The number of hydrogen-bond acceptors (Lipinski definition) is 9. The van der Waals surface area contributed by atoms with Crippen molar-refractivity contribution in [2.24, 2.45) is 5.92 Å². The van der Waals surface area contributed by atoms with Crippen LogP contribution >= 0.6 is 11.3 Å². The van der Waals surface area contributed by atoms with E-state index in [9.17, 15) is 9.90 Å². The van der Waals surface area contributed by atoms with Crippen LogP contribution in [0.2, 0.25) is 0 Å². The summed E-state index contributed by atoms with van der Waals surface area (Å²) < 4.78 is 0. The zero-order valence-electron chi connectivity index (χ0n) is 22.4. The van der Waals surface area contributed by atoms with E-state index in [2.05, 4.69) is 35.5 Å². The van der Waals surface area contributed by atoms with Gasteiger partial charge >= 0.3 is 0 Å². The Labute approximate surface area is 239 Å². The van der Waals surface area contributed by atoms with Gasteiger partial charge in [-0.3, -0.25) is 14.9 Å². The molecule has 1 aliphatic carbocycles. The number of aromatic nitrogens is 7. The van der Waals surface area contributed by atoms with Gasteiger partial charge < -0.3 is 15.4 Å². The summed E-state index contributed by atoms with van der Waals surface area (Å²) in [4.78, 5) is 35.1. The van der Waals surface area contributed by atoms with Crippen LogP contribution in [-0.4, -0.2) is 52.2 Å². The lowest BCUT2D eigenvalue weighted by molar-refractivity contribution is 0.102. The third kappa shape index (κ3) is 4.87. The minimum absolute atomic E-state index is 0.0426. The maximum Gasteiger partial charge on any atom is 0.181 e. The number of thiophene rings is 1. The Hall–Kier alpha value is -4.48. The van der Waals surface area contributed by atoms with Crippen molar-refractivity contribution in [3.8, 4) is 33.1 Å². The summed E-state index contributed by atoms with van der Waals surface area (Å²) in [5.74, 6) is 0.892. The molecule has 206 valence electrons. The number of carbonyl (C=O) groups excluding carboxylic acids is 1. The standard InChI is InChI=1S/C30H28N8O2S/c1-16(39)23-7-8-24(41-23)21-9-10-32-28-25(21)35-29(36-28)26-22-12-19(14-33-27(22)38-37-26)18-11-20(15-31-13-18)34-30(40)17-5-3-2-4-6-17/h7-15,17,30,34,40H,2-6H2,1H3,(H,32,35,36)(H,33,37,38). The SMILES string of the molecule is CC(=O)c1ccc(-c2ccnc3nc(-c4[nH]nc5ncc(-c6cncc(NC(O)C7CCCCC7)c6)cc45)[nH]c23)s1. The number of rotatable bonds is 7. The second-order valence-electron chi connectivity index (χ2n) is 10.5. The van der Waals surface area contributed by atoms with Crippen molar-refractivity contribution in [1.29, 1.82) is 0 Å². The van der Waals surface area contributed by atoms with E-state index >= 15 is 0 Å². The molecule has 0 saturated heterocycles. The Balaban J connectivity index is 1.22. The molecule has 0 aliphatic heterocycles. The molecule has 1 saturated carbocycles. The molecule has 1 unspecified atom stereocenters. The molecule has 0 aromatic carbocycles. The second-order valence-corrected chi connectivity index (χ2v) is 11.6. The molecule has 0 spiro atoms. The number of aromatic amines is 2. The molecule has 1 aliphatic rings. The quantitative estimate of drug-likeness (QED) is 0.132. The van der Waals surface area contributed by atoms with Gasteiger partial charge in [-0.1, -0.05) is 19.3 Å². The summed E-state index contributed by atoms with van der Waals surface area (Å²) in [5.41, 5.74) is 6.06. The van der Waals surface area contributed by atoms with E-state index in [0.717, 1.165) is 63.8 Å². The van der Waals surface area contributed by atoms with Crippen LogP contribution < -0.4 is 5.32 Å². The van der Waals surface area contributed by atoms with E-state index in [1.54, 1.807) is 31.7 Å². The molecule has 6 aromatic rings. The van der Waals surface area contributed by atoms with Crippen molar-refractivity contribution in [3.05, 3.63) is 60.0 Å². The maximum atomic E-state index is 11.8. The Morgan fingerprint density at radius 2 is 1.90 bits per heavy atom. The third-order valence-corrected chi connectivity index (χ3v) is 8.96. The summed E-state index contributed by atoms with van der Waals surface area (Å²) in [7, 11) is 0. The number of ketones is 1. The lowest BCUT2D eigenvalue weighted by atomic mass is 9.88. The first-order valence-electron chi connectivity index (χ1n) is 13.7. The number of Topliss-reactive ketones (excluding diaryl/α,β-unsaturated/α-hetero) is 1. The van der Waals surface area contributed by atoms with Crippen LogP contribution in [0, 0.1) is 5.92 Å². The number of imidazole rings is 1. The summed E-state index contributed by atoms with van der Waals surface area (Å²) >= 11 is 1.45. The first-order valence-corrected chi connectivity index (χ1v) is 14.6. The third-order valence-electron chi connectivity index (χ3n) is 7.74. The highest BCUT2D eigenvalue weighted by Crippen LogP contribution is 2.35. The van der Waals surface area contributed by atoms with Crippen molar-refractivity contribution >= 4 is 45.0 Å². The molecular formula is C30H28N8O2S. The van der Waals surface area contributed by atoms with Crippen molar-refractivity contribution in [2.75, 3.05) is 5.32 Å². The van der Waals surface area contributed by atoms with Gasteiger partial charge in [0.25, 0.3) is 0 Å². The predicted octanol–water partition coefficient (Wildman–Crippen LogP) is 6.20. The Kier molecular flexibility index (Phi) is 6.52. The molecule has 1 atom stereocenters. The number of fused-ring (bicyclic) bond motifs is 2. The van der Waals surface area contributed by atoms with Crippen LogP contribution in [0.3, 0.4) is 0 Å². The fourth-order valence-corrected chi connectivity index (χ4v) is 6.49. The summed E-state index contributed by atoms with van der Waals surface area (Å²) in [6, 6.07) is 9.71. The molecule has 4 N–H and O–H groups in total. The first kappa shape index (κ1) is 25.5. The van der Waals surface area contributed by atoms with Gasteiger partial charge in [-0.05, 0) is 50.1 Å². The maximum absolute atomic E-state index is 11.8. The number of H-pyrrole nitrogens is 2. The van der Waals surface area contributed by atoms with Gasteiger partial charge in [0, 0.05) is 46.1 Å². The zero-order valence-corrected chi connectivity index (χ0v) is 23.2. The van der Waals surface area contributed by atoms with E-state index in [-0.39, 0.29) is 11.7 Å². The molecule has 0 bridgehead atoms. The molecule has 0 amide bonds. The van der Waals surface area contributed by atoms with E-state index in [1.165, 1.54) is 17.8 Å². The van der Waals surface area contributed by atoms with Crippen LogP contribution in [-0.2, 0) is 0 Å². The largest absolute Gasteiger partial charge is 0.374 e. The number of nitrogens with one attached hydrogen (secondary N) is 3. The highest BCUT2D eigenvalue weighted by atomic mass is 32.1. The Morgan fingerprint density at radius 3 is 2.73 bits per heavy atom. The summed E-state index contributed by atoms with van der Waals surface area (Å²) in [6.07, 6.45) is 12.1. The summed E-state index contributed by atoms with van der Waals surface area (Å²) in [5, 5.41) is 22.3. The van der Waals surface area contributed by atoms with Crippen LogP contribution in [0.25, 0.3) is 55.3 Å². The highest BCUT2D eigenvalue weighted by molar-refractivity contribution is 7.17. The molecule has 10 nitrogen and oxygen atoms in total. The number of carbonyl (C=O) groups is 1. The number of aliphatic hydroxyl groups excluding tert-OH is 1. The lowest BCUT2D eigenvalue weighted by Gasteiger charge is -2.27. The summed E-state index contributed by atoms with van der Waals surface area (Å²) in [6.45, 7) is 1.57. The second kappa shape index (κ2) is 10.5. The van der Waals surface area contributed by atoms with Gasteiger partial charge in [-0.25, -0.2) is 15.0 Å². The molecular weight excluding hydrogens is 536 g/mol. The van der Waals surface area contributed by atoms with Crippen LogP contribution in [0.1, 0.15) is 48.7 Å². The van der Waals surface area contributed by atoms with Gasteiger partial charge in [0.2, 0.25) is 0 Å². The monoisotopic (exact) mass is 564 g/mol. The van der Waals surface area contributed by atoms with Crippen LogP contribution in [0.5, 0.6) is 0 Å². The minimum Gasteiger partial charge on any atom is -0.374 e. The van der Waals surface area contributed by atoms with Crippen molar-refractivity contribution in [3.63, 3.8) is 0 Å². The van der Waals surface area contributed by atoms with Gasteiger partial charge in [0.05, 0.1) is 27.7 Å². The van der Waals surface area contributed by atoms with Gasteiger partial charge in [-0.2, -0.15) is 5.10 Å². The number of nitrogens with zero attached hydrogens (tertiary/aromatic N) is 5. The average molecular weight is 565 g/mol.